The molecule has 0 amide bonds. The fourth-order valence-electron chi connectivity index (χ4n) is 9.95. The Hall–Kier alpha value is -1.37. The number of nitrogens with zero attached hydrogens (tertiary/aromatic N) is 2. The average Bonchev–Trinajstić information content (AvgIpc) is 3.91. The van der Waals surface area contributed by atoms with Crippen LogP contribution in [0.3, 0.4) is 0 Å². The van der Waals surface area contributed by atoms with Crippen molar-refractivity contribution in [1.29, 1.82) is 0 Å². The molecular weight excluding hydrogens is 771 g/mol. The van der Waals surface area contributed by atoms with Gasteiger partial charge >= 0.3 is 222 Å². The van der Waals surface area contributed by atoms with Gasteiger partial charge in [-0.25, -0.2) is 0 Å². The molecule has 0 N–H and O–H groups in total. The SMILES string of the molecule is C1CCC(P(C2CCCC2)C2CCCC2)C1.C[C](Cc1ccccc1)=[Ru]([Cl])([Cl])=[C]1N(c2c(C)cc(C)cc2C)CCN1c1c(C)cc(C)cc1C. The van der Waals surface area contributed by atoms with E-state index in [9.17, 15) is 0 Å². The van der Waals surface area contributed by atoms with Gasteiger partial charge in [-0.15, -0.1) is 0 Å². The van der Waals surface area contributed by atoms with Crippen molar-refractivity contribution < 1.29 is 11.9 Å². The van der Waals surface area contributed by atoms with E-state index in [4.69, 9.17) is 19.4 Å². The summed E-state index contributed by atoms with van der Waals surface area (Å²) in [5.74, 6) is 0. The molecule has 0 atom stereocenters. The number of hydrogen-bond donors (Lipinski definition) is 0. The van der Waals surface area contributed by atoms with E-state index in [0.29, 0.717) is 7.92 Å². The standard InChI is InChI=1S/C21H26N2.C15H27P.C9H10.2ClH.Ru/c1-14-9-16(3)20(17(4)10-14)22-7-8-23(13-22)21-18(5)11-15(2)12-19(21)6;1-2-8-13(7-1)16(14-9-3-4-10-14)15-11-5-6-12-15;1-2-6-9-7-4-3-5-8-9;;;/h9-12H,7-8H2,1-6H3;13-15H,1-12H2;3-5,7-8H,6H2,1H3;2*1H;/q;;;;;+2/p-2. The Labute approximate surface area is 322 Å². The van der Waals surface area contributed by atoms with Crippen LogP contribution in [0.1, 0.15) is 123 Å². The van der Waals surface area contributed by atoms with Crippen LogP contribution < -0.4 is 9.80 Å². The molecule has 3 aromatic rings. The van der Waals surface area contributed by atoms with Gasteiger partial charge in [0.15, 0.2) is 0 Å². The third-order valence-electron chi connectivity index (χ3n) is 11.9. The number of anilines is 2. The summed E-state index contributed by atoms with van der Waals surface area (Å²) in [4.78, 5) is 4.87. The summed E-state index contributed by atoms with van der Waals surface area (Å²) >= 11 is -3.46. The first-order valence-electron chi connectivity index (χ1n) is 19.8. The molecule has 4 aliphatic rings. The normalized spacial score (nSPS) is 19.4. The minimum absolute atomic E-state index is 0.436. The number of hydrogen-bond acceptors (Lipinski definition) is 2. The van der Waals surface area contributed by atoms with Crippen molar-refractivity contribution >= 4 is 47.1 Å². The Kier molecular flexibility index (Phi) is 13.4. The van der Waals surface area contributed by atoms with Crippen molar-refractivity contribution in [3.8, 4) is 0 Å². The van der Waals surface area contributed by atoms with Gasteiger partial charge in [-0.2, -0.15) is 0 Å². The summed E-state index contributed by atoms with van der Waals surface area (Å²) in [6, 6.07) is 19.6. The van der Waals surface area contributed by atoms with E-state index in [1.165, 1.54) is 71.4 Å². The molecule has 4 fully saturated rings. The van der Waals surface area contributed by atoms with E-state index in [0.717, 1.165) is 23.9 Å². The van der Waals surface area contributed by atoms with Gasteiger partial charge < -0.3 is 0 Å². The number of rotatable bonds is 7. The molecule has 2 nitrogen and oxygen atoms in total. The minimum atomic E-state index is -3.46. The third-order valence-corrected chi connectivity index (χ3v) is 24.2. The molecule has 1 saturated heterocycles. The second-order valence-electron chi connectivity index (χ2n) is 16.0. The van der Waals surface area contributed by atoms with E-state index in [-0.39, 0.29) is 0 Å². The Balaban J connectivity index is 0.000000231. The van der Waals surface area contributed by atoms with Crippen molar-refractivity contribution in [3.05, 3.63) is 93.5 Å². The van der Waals surface area contributed by atoms with Crippen LogP contribution in [0, 0.1) is 41.5 Å². The zero-order valence-corrected chi connectivity index (χ0v) is 36.6. The molecule has 0 aromatic heterocycles. The fourth-order valence-corrected chi connectivity index (χ4v) is 20.2. The van der Waals surface area contributed by atoms with Crippen molar-refractivity contribution in [2.45, 2.75) is 149 Å². The number of halogens is 2. The van der Waals surface area contributed by atoms with E-state index in [2.05, 4.69) is 113 Å². The average molecular weight is 835 g/mol. The van der Waals surface area contributed by atoms with Crippen LogP contribution in [0.5, 0.6) is 0 Å². The van der Waals surface area contributed by atoms with E-state index in [1.807, 2.05) is 0 Å². The predicted molar refractivity (Wildman–Crippen MR) is 227 cm³/mol. The van der Waals surface area contributed by atoms with Gasteiger partial charge in [0, 0.05) is 0 Å². The quantitative estimate of drug-likeness (QED) is 0.173. The molecule has 0 bridgehead atoms. The zero-order valence-electron chi connectivity index (χ0n) is 32.5. The maximum atomic E-state index is 7.58. The second kappa shape index (κ2) is 17.4. The molecular formula is C45H63Cl2N2PRu. The van der Waals surface area contributed by atoms with Crippen LogP contribution >= 0.6 is 27.3 Å². The van der Waals surface area contributed by atoms with E-state index >= 15 is 0 Å². The Morgan fingerprint density at radius 2 is 0.961 bits per heavy atom. The molecule has 3 aromatic carbocycles. The Bertz CT molecular complexity index is 1630. The number of benzene rings is 3. The van der Waals surface area contributed by atoms with Gasteiger partial charge in [-0.1, -0.05) is 46.4 Å². The summed E-state index contributed by atoms with van der Waals surface area (Å²) in [6.07, 6.45) is 19.8. The molecule has 51 heavy (non-hydrogen) atoms. The van der Waals surface area contributed by atoms with Crippen LogP contribution in [-0.4, -0.2) is 38.5 Å². The summed E-state index contributed by atoms with van der Waals surface area (Å²) in [7, 11) is 15.6. The van der Waals surface area contributed by atoms with Gasteiger partial charge in [0.1, 0.15) is 0 Å². The second-order valence-corrected chi connectivity index (χ2v) is 28.9. The van der Waals surface area contributed by atoms with E-state index in [1.54, 1.807) is 77.0 Å². The first kappa shape index (κ1) is 39.3. The molecule has 0 radical (unpaired) electrons. The summed E-state index contributed by atoms with van der Waals surface area (Å²) in [5.41, 5.74) is 15.0. The van der Waals surface area contributed by atoms with Crippen LogP contribution in [-0.2, 0) is 18.3 Å². The van der Waals surface area contributed by atoms with Crippen molar-refractivity contribution in [2.24, 2.45) is 0 Å². The third kappa shape index (κ3) is 8.96. The molecule has 3 aliphatic carbocycles. The molecule has 7 rings (SSSR count). The monoisotopic (exact) mass is 834 g/mol. The Morgan fingerprint density at radius 1 is 0.608 bits per heavy atom. The van der Waals surface area contributed by atoms with Crippen LogP contribution in [0.4, 0.5) is 11.4 Å². The van der Waals surface area contributed by atoms with E-state index < -0.39 is 11.9 Å². The Morgan fingerprint density at radius 3 is 1.31 bits per heavy atom. The van der Waals surface area contributed by atoms with Gasteiger partial charge in [0.25, 0.3) is 0 Å². The molecule has 0 spiro atoms. The summed E-state index contributed by atoms with van der Waals surface area (Å²) in [5, 5.41) is 0. The molecule has 6 heteroatoms. The first-order chi connectivity index (χ1) is 24.5. The maximum absolute atomic E-state index is 7.58. The van der Waals surface area contributed by atoms with Crippen molar-refractivity contribution in [3.63, 3.8) is 0 Å². The summed E-state index contributed by atoms with van der Waals surface area (Å²) < 4.78 is 2.29. The molecule has 1 heterocycles. The van der Waals surface area contributed by atoms with Gasteiger partial charge in [-0.05, 0) is 55.5 Å². The molecule has 280 valence electrons. The van der Waals surface area contributed by atoms with Crippen LogP contribution in [0.2, 0.25) is 0 Å². The zero-order chi connectivity index (χ0) is 36.3. The summed E-state index contributed by atoms with van der Waals surface area (Å²) in [6.45, 7) is 17.0. The van der Waals surface area contributed by atoms with Crippen molar-refractivity contribution in [2.75, 3.05) is 22.9 Å². The van der Waals surface area contributed by atoms with Crippen LogP contribution in [0.15, 0.2) is 54.6 Å². The first-order valence-corrected chi connectivity index (χ1v) is 27.6. The molecule has 1 aliphatic heterocycles. The fraction of sp³-hybridized carbons (Fsp3) is 0.556. The van der Waals surface area contributed by atoms with Gasteiger partial charge in [0.05, 0.1) is 0 Å². The molecule has 3 saturated carbocycles. The van der Waals surface area contributed by atoms with Gasteiger partial charge in [0.2, 0.25) is 0 Å². The predicted octanol–water partition coefficient (Wildman–Crippen LogP) is 13.1. The van der Waals surface area contributed by atoms with Crippen molar-refractivity contribution in [1.82, 2.24) is 0 Å². The van der Waals surface area contributed by atoms with Gasteiger partial charge in [-0.3, -0.25) is 0 Å². The number of aryl methyl sites for hydroxylation is 6. The molecule has 0 unspecified atom stereocenters. The van der Waals surface area contributed by atoms with Crippen LogP contribution in [0.25, 0.3) is 0 Å². The topological polar surface area (TPSA) is 6.48 Å².